The molecule has 0 spiro atoms. The molecule has 3 aromatic carbocycles. The Balaban J connectivity index is 1.88. The maximum absolute atomic E-state index is 10.9. The van der Waals surface area contributed by atoms with Crippen LogP contribution in [0.5, 0.6) is 11.5 Å². The van der Waals surface area contributed by atoms with Gasteiger partial charge in [0.05, 0.1) is 0 Å². The highest BCUT2D eigenvalue weighted by Gasteiger charge is 2.25. The molecule has 0 radical (unpaired) electrons. The van der Waals surface area contributed by atoms with Crippen molar-refractivity contribution in [3.05, 3.63) is 89.5 Å². The fraction of sp³-hybridized carbons (Fsp3) is 0.0952. The Bertz CT molecular complexity index is 901. The zero-order valence-corrected chi connectivity index (χ0v) is 17.5. The van der Waals surface area contributed by atoms with E-state index in [1.807, 2.05) is 74.5 Å². The van der Waals surface area contributed by atoms with Gasteiger partial charge in [0.2, 0.25) is 0 Å². The summed E-state index contributed by atoms with van der Waals surface area (Å²) in [7, 11) is 0. The molecule has 0 amide bonds. The second-order valence-electron chi connectivity index (χ2n) is 6.03. The molecule has 3 nitrogen and oxygen atoms in total. The molecule has 0 aliphatic rings. The zero-order chi connectivity index (χ0) is 19.3. The normalized spacial score (nSPS) is 11.0. The quantitative estimate of drug-likeness (QED) is 0.322. The summed E-state index contributed by atoms with van der Waals surface area (Å²) in [6, 6.07) is 22.7. The van der Waals surface area contributed by atoms with Crippen LogP contribution in [-0.2, 0) is 11.8 Å². The third kappa shape index (κ3) is 5.70. The van der Waals surface area contributed by atoms with Gasteiger partial charge in [0, 0.05) is 22.3 Å². The van der Waals surface area contributed by atoms with Crippen LogP contribution in [0, 0.1) is 13.8 Å². The summed E-state index contributed by atoms with van der Waals surface area (Å²) in [5.41, 5.74) is 0.131. The summed E-state index contributed by atoms with van der Waals surface area (Å²) >= 11 is 7.21. The second-order valence-corrected chi connectivity index (χ2v) is 12.1. The predicted octanol–water partition coefficient (Wildman–Crippen LogP) is 6.59. The maximum Gasteiger partial charge on any atom is 0.353 e. The summed E-state index contributed by atoms with van der Waals surface area (Å²) in [5.74, 6) is 1.35. The molecule has 0 N–H and O–H groups in total. The van der Waals surface area contributed by atoms with Gasteiger partial charge in [0.25, 0.3) is 0 Å². The Morgan fingerprint density at radius 1 is 0.778 bits per heavy atom. The van der Waals surface area contributed by atoms with Crippen LogP contribution in [0.25, 0.3) is 0 Å². The first-order chi connectivity index (χ1) is 13.0. The molecule has 0 aliphatic heterocycles. The molecule has 0 heterocycles. The van der Waals surface area contributed by atoms with Gasteiger partial charge in [0.1, 0.15) is 17.8 Å². The number of aldehydes is 1. The molecule has 27 heavy (non-hydrogen) atoms. The summed E-state index contributed by atoms with van der Waals surface area (Å²) in [6.07, 6.45) is 0.816. The maximum atomic E-state index is 10.9. The van der Waals surface area contributed by atoms with E-state index in [0.717, 1.165) is 22.3 Å². The molecule has 0 bridgehead atoms. The number of hydrogen-bond acceptors (Lipinski definition) is 5. The standard InChI is InChI=1S/C21H19O3PS2/c1-16-3-9-19(10-4-16)23-25(26,24-20-11-5-17(2)6-12-20)27-21-13-7-18(15-22)8-14-21/h3-15H,1-2H3. The average Bonchev–Trinajstić information content (AvgIpc) is 2.66. The minimum Gasteiger partial charge on any atom is -0.428 e. The molecule has 0 unspecified atom stereocenters. The first kappa shape index (κ1) is 19.7. The van der Waals surface area contributed by atoms with Crippen molar-refractivity contribution < 1.29 is 13.8 Å². The van der Waals surface area contributed by atoms with Gasteiger partial charge < -0.3 is 9.05 Å². The topological polar surface area (TPSA) is 35.5 Å². The van der Waals surface area contributed by atoms with Gasteiger partial charge in [-0.05, 0) is 61.6 Å². The molecule has 0 aliphatic carbocycles. The van der Waals surface area contributed by atoms with Crippen molar-refractivity contribution >= 4 is 35.2 Å². The van der Waals surface area contributed by atoms with E-state index in [1.165, 1.54) is 11.4 Å². The van der Waals surface area contributed by atoms with Gasteiger partial charge >= 0.3 is 5.69 Å². The number of carbonyl (C=O) groups excluding carboxylic acids is 1. The number of benzene rings is 3. The Hall–Kier alpha value is -2.07. The smallest absolute Gasteiger partial charge is 0.353 e. The summed E-state index contributed by atoms with van der Waals surface area (Å²) in [6.45, 7) is 4.04. The van der Waals surface area contributed by atoms with E-state index in [4.69, 9.17) is 20.9 Å². The monoisotopic (exact) mass is 414 g/mol. The molecular weight excluding hydrogens is 395 g/mol. The first-order valence-corrected chi connectivity index (χ1v) is 12.4. The highest BCUT2D eigenvalue weighted by molar-refractivity contribution is 8.68. The van der Waals surface area contributed by atoms with E-state index in [1.54, 1.807) is 12.1 Å². The van der Waals surface area contributed by atoms with Crippen molar-refractivity contribution in [2.75, 3.05) is 0 Å². The van der Waals surface area contributed by atoms with Gasteiger partial charge in [-0.15, -0.1) is 0 Å². The summed E-state index contributed by atoms with van der Waals surface area (Å²) < 4.78 is 12.3. The van der Waals surface area contributed by atoms with Gasteiger partial charge in [0.15, 0.2) is 0 Å². The SMILES string of the molecule is Cc1ccc(OP(=S)(Oc2ccc(C)cc2)Sc2ccc(C=O)cc2)cc1. The molecule has 3 aromatic rings. The highest BCUT2D eigenvalue weighted by atomic mass is 32.9. The number of aryl methyl sites for hydroxylation is 2. The molecule has 0 saturated heterocycles. The summed E-state index contributed by atoms with van der Waals surface area (Å²) in [5, 5.41) is 0. The Labute approximate surface area is 168 Å². The molecular formula is C21H19O3PS2. The Morgan fingerprint density at radius 2 is 1.22 bits per heavy atom. The Kier molecular flexibility index (Phi) is 6.38. The van der Waals surface area contributed by atoms with E-state index in [-0.39, 0.29) is 0 Å². The number of rotatable bonds is 7. The third-order valence-corrected chi connectivity index (χ3v) is 8.15. The van der Waals surface area contributed by atoms with Crippen LogP contribution < -0.4 is 9.05 Å². The van der Waals surface area contributed by atoms with Crippen molar-refractivity contribution in [3.63, 3.8) is 0 Å². The lowest BCUT2D eigenvalue weighted by Crippen LogP contribution is -1.98. The van der Waals surface area contributed by atoms with Crippen LogP contribution in [0.4, 0.5) is 0 Å². The van der Waals surface area contributed by atoms with E-state index in [9.17, 15) is 4.79 Å². The van der Waals surface area contributed by atoms with Crippen molar-refractivity contribution in [2.45, 2.75) is 18.7 Å². The van der Waals surface area contributed by atoms with E-state index in [2.05, 4.69) is 0 Å². The van der Waals surface area contributed by atoms with Gasteiger partial charge in [-0.3, -0.25) is 4.79 Å². The molecule has 0 aromatic heterocycles. The minimum absolute atomic E-state index is 0.617. The molecule has 0 fully saturated rings. The van der Waals surface area contributed by atoms with Crippen LogP contribution >= 0.6 is 17.1 Å². The minimum atomic E-state index is -2.78. The zero-order valence-electron chi connectivity index (χ0n) is 15.0. The van der Waals surface area contributed by atoms with E-state index >= 15 is 0 Å². The van der Waals surface area contributed by atoms with Crippen molar-refractivity contribution in [1.82, 2.24) is 0 Å². The van der Waals surface area contributed by atoms with Crippen molar-refractivity contribution in [2.24, 2.45) is 0 Å². The lowest BCUT2D eigenvalue weighted by atomic mass is 10.2. The molecule has 0 saturated carbocycles. The average molecular weight is 414 g/mol. The van der Waals surface area contributed by atoms with Crippen molar-refractivity contribution in [1.29, 1.82) is 0 Å². The molecule has 3 rings (SSSR count). The third-order valence-electron chi connectivity index (χ3n) is 3.71. The highest BCUT2D eigenvalue weighted by Crippen LogP contribution is 2.62. The lowest BCUT2D eigenvalue weighted by Gasteiger charge is -2.23. The second kappa shape index (κ2) is 8.75. The largest absolute Gasteiger partial charge is 0.428 e. The van der Waals surface area contributed by atoms with Crippen LogP contribution in [0.1, 0.15) is 21.5 Å². The molecule has 6 heteroatoms. The van der Waals surface area contributed by atoms with Crippen LogP contribution in [0.15, 0.2) is 77.7 Å². The molecule has 0 atom stereocenters. The Morgan fingerprint density at radius 3 is 1.63 bits per heavy atom. The van der Waals surface area contributed by atoms with Crippen molar-refractivity contribution in [3.8, 4) is 11.5 Å². The van der Waals surface area contributed by atoms with Crippen LogP contribution in [0.3, 0.4) is 0 Å². The van der Waals surface area contributed by atoms with Gasteiger partial charge in [-0.2, -0.15) is 0 Å². The molecule has 138 valence electrons. The lowest BCUT2D eigenvalue weighted by molar-refractivity contribution is 0.112. The number of carbonyl (C=O) groups is 1. The van der Waals surface area contributed by atoms with Gasteiger partial charge in [-0.25, -0.2) is 0 Å². The van der Waals surface area contributed by atoms with Crippen LogP contribution in [-0.4, -0.2) is 6.29 Å². The fourth-order valence-corrected chi connectivity index (χ4v) is 6.81. The van der Waals surface area contributed by atoms with E-state index in [0.29, 0.717) is 17.1 Å². The fourth-order valence-electron chi connectivity index (χ4n) is 2.25. The number of hydrogen-bond donors (Lipinski definition) is 0. The predicted molar refractivity (Wildman–Crippen MR) is 116 cm³/mol. The summed E-state index contributed by atoms with van der Waals surface area (Å²) in [4.78, 5) is 11.8. The van der Waals surface area contributed by atoms with E-state index < -0.39 is 5.69 Å². The first-order valence-electron chi connectivity index (χ1n) is 8.33. The van der Waals surface area contributed by atoms with Crippen LogP contribution in [0.2, 0.25) is 0 Å². The van der Waals surface area contributed by atoms with Gasteiger partial charge in [-0.1, -0.05) is 47.5 Å².